The van der Waals surface area contributed by atoms with E-state index in [1.165, 1.54) is 0 Å². The Kier molecular flexibility index (Phi) is 3.73. The van der Waals surface area contributed by atoms with Crippen LogP contribution in [0.3, 0.4) is 0 Å². The summed E-state index contributed by atoms with van der Waals surface area (Å²) in [6.07, 6.45) is -1.24. The number of rotatable bonds is 1. The summed E-state index contributed by atoms with van der Waals surface area (Å²) in [7, 11) is -3.11. The zero-order chi connectivity index (χ0) is 7.78. The number of hydrogen-bond acceptors (Lipinski definition) is 3. The molecule has 0 aromatic carbocycles. The second-order valence-corrected chi connectivity index (χ2v) is 4.74. The lowest BCUT2D eigenvalue weighted by Crippen LogP contribution is -2.22. The van der Waals surface area contributed by atoms with Crippen LogP contribution in [0.5, 0.6) is 0 Å². The smallest absolute Gasteiger partial charge is 0.153 e. The summed E-state index contributed by atoms with van der Waals surface area (Å²) < 4.78 is 34.1. The topological polar surface area (TPSA) is 60.2 Å². The molecule has 11 heavy (non-hydrogen) atoms. The van der Waals surface area contributed by atoms with Gasteiger partial charge in [0.15, 0.2) is 9.84 Å². The lowest BCUT2D eigenvalue weighted by atomic mass is 10.1. The molecular formula is C5H11ClFNO2S. The highest BCUT2D eigenvalue weighted by Crippen LogP contribution is 2.20. The van der Waals surface area contributed by atoms with E-state index >= 15 is 0 Å². The molecule has 1 heterocycles. The molecule has 1 rings (SSSR count). The Labute approximate surface area is 71.5 Å². The minimum absolute atomic E-state index is 0. The van der Waals surface area contributed by atoms with Crippen molar-refractivity contribution in [1.29, 1.82) is 0 Å². The van der Waals surface area contributed by atoms with E-state index in [0.717, 1.165) is 0 Å². The molecular weight excluding hydrogens is 193 g/mol. The van der Waals surface area contributed by atoms with Gasteiger partial charge in [-0.15, -0.1) is 12.4 Å². The molecule has 2 unspecified atom stereocenters. The monoisotopic (exact) mass is 203 g/mol. The first-order chi connectivity index (χ1) is 4.55. The van der Waals surface area contributed by atoms with Crippen LogP contribution in [0.2, 0.25) is 0 Å². The van der Waals surface area contributed by atoms with Crippen LogP contribution >= 0.6 is 12.4 Å². The van der Waals surface area contributed by atoms with Crippen LogP contribution in [0.15, 0.2) is 0 Å². The molecule has 2 N–H and O–H groups in total. The molecule has 68 valence electrons. The van der Waals surface area contributed by atoms with Gasteiger partial charge in [-0.05, 0) is 6.54 Å². The van der Waals surface area contributed by atoms with Gasteiger partial charge in [-0.1, -0.05) is 0 Å². The van der Waals surface area contributed by atoms with Crippen molar-refractivity contribution >= 4 is 22.2 Å². The van der Waals surface area contributed by atoms with E-state index in [0.29, 0.717) is 0 Å². The van der Waals surface area contributed by atoms with Crippen LogP contribution in [0, 0.1) is 5.92 Å². The first-order valence-corrected chi connectivity index (χ1v) is 4.92. The van der Waals surface area contributed by atoms with Gasteiger partial charge in [-0.3, -0.25) is 0 Å². The normalized spacial score (nSPS) is 34.7. The van der Waals surface area contributed by atoms with Crippen LogP contribution < -0.4 is 5.73 Å². The van der Waals surface area contributed by atoms with E-state index in [-0.39, 0.29) is 30.5 Å². The maximum absolute atomic E-state index is 12.6. The number of nitrogens with two attached hydrogens (primary N) is 1. The van der Waals surface area contributed by atoms with Crippen molar-refractivity contribution in [3.05, 3.63) is 0 Å². The highest BCUT2D eigenvalue weighted by molar-refractivity contribution is 7.91. The maximum atomic E-state index is 12.6. The van der Waals surface area contributed by atoms with Crippen LogP contribution in [0.1, 0.15) is 0 Å². The second-order valence-electron chi connectivity index (χ2n) is 2.59. The molecule has 0 amide bonds. The lowest BCUT2D eigenvalue weighted by molar-refractivity contribution is 0.290. The van der Waals surface area contributed by atoms with Gasteiger partial charge in [-0.2, -0.15) is 0 Å². The number of hydrogen-bond donors (Lipinski definition) is 1. The Morgan fingerprint density at radius 3 is 2.18 bits per heavy atom. The summed E-state index contributed by atoms with van der Waals surface area (Å²) in [5, 5.41) is 0. The summed E-state index contributed by atoms with van der Waals surface area (Å²) >= 11 is 0. The molecule has 1 aliphatic rings. The van der Waals surface area contributed by atoms with E-state index < -0.39 is 21.9 Å². The van der Waals surface area contributed by atoms with Crippen LogP contribution in [0.4, 0.5) is 4.39 Å². The summed E-state index contributed by atoms with van der Waals surface area (Å²) in [4.78, 5) is 0. The second kappa shape index (κ2) is 3.69. The Morgan fingerprint density at radius 2 is 2.00 bits per heavy atom. The fraction of sp³-hybridized carbons (Fsp3) is 1.00. The standard InChI is InChI=1S/C5H10FNO2S.ClH/c6-5-3-10(8,9)2-4(5)1-7;/h4-5H,1-3,7H2;1H. The number of halogens is 2. The van der Waals surface area contributed by atoms with Crippen LogP contribution in [0.25, 0.3) is 0 Å². The Hall–Kier alpha value is 0.130. The van der Waals surface area contributed by atoms with Crippen molar-refractivity contribution in [3.63, 3.8) is 0 Å². The first-order valence-electron chi connectivity index (χ1n) is 3.10. The zero-order valence-electron chi connectivity index (χ0n) is 5.86. The molecule has 1 saturated heterocycles. The maximum Gasteiger partial charge on any atom is 0.153 e. The molecule has 2 atom stereocenters. The quantitative estimate of drug-likeness (QED) is 0.640. The molecule has 3 nitrogen and oxygen atoms in total. The first kappa shape index (κ1) is 11.1. The Bertz CT molecular complexity index is 219. The SMILES string of the molecule is Cl.NCC1CS(=O)(=O)CC1F. The van der Waals surface area contributed by atoms with Gasteiger partial charge in [-0.25, -0.2) is 12.8 Å². The predicted octanol–water partition coefficient (Wildman–Crippen LogP) is -0.250. The van der Waals surface area contributed by atoms with Crippen molar-refractivity contribution < 1.29 is 12.8 Å². The number of alkyl halides is 1. The van der Waals surface area contributed by atoms with Crippen molar-refractivity contribution in [2.45, 2.75) is 6.17 Å². The van der Waals surface area contributed by atoms with E-state index in [2.05, 4.69) is 0 Å². The predicted molar refractivity (Wildman–Crippen MR) is 43.3 cm³/mol. The average Bonchev–Trinajstić information content (AvgIpc) is 2.05. The van der Waals surface area contributed by atoms with Crippen molar-refractivity contribution in [2.75, 3.05) is 18.1 Å². The van der Waals surface area contributed by atoms with Gasteiger partial charge in [0.25, 0.3) is 0 Å². The van der Waals surface area contributed by atoms with E-state index in [1.807, 2.05) is 0 Å². The third-order valence-electron chi connectivity index (χ3n) is 1.70. The van der Waals surface area contributed by atoms with Gasteiger partial charge >= 0.3 is 0 Å². The molecule has 0 aromatic rings. The van der Waals surface area contributed by atoms with Crippen LogP contribution in [-0.4, -0.2) is 32.6 Å². The van der Waals surface area contributed by atoms with Crippen molar-refractivity contribution in [2.24, 2.45) is 11.7 Å². The Morgan fingerprint density at radius 1 is 1.45 bits per heavy atom. The van der Waals surface area contributed by atoms with E-state index in [1.54, 1.807) is 0 Å². The molecule has 0 aromatic heterocycles. The van der Waals surface area contributed by atoms with Crippen molar-refractivity contribution in [3.8, 4) is 0 Å². The van der Waals surface area contributed by atoms with Gasteiger partial charge in [0.05, 0.1) is 11.5 Å². The average molecular weight is 204 g/mol. The highest BCUT2D eigenvalue weighted by atomic mass is 35.5. The van der Waals surface area contributed by atoms with Crippen molar-refractivity contribution in [1.82, 2.24) is 0 Å². The molecule has 1 aliphatic heterocycles. The molecule has 0 radical (unpaired) electrons. The summed E-state index contributed by atoms with van der Waals surface area (Å²) in [6, 6.07) is 0. The Balaban J connectivity index is 0.000001000. The number of sulfone groups is 1. The molecule has 1 fully saturated rings. The van der Waals surface area contributed by atoms with Crippen LogP contribution in [-0.2, 0) is 9.84 Å². The molecule has 0 spiro atoms. The van der Waals surface area contributed by atoms with Gasteiger partial charge < -0.3 is 5.73 Å². The summed E-state index contributed by atoms with van der Waals surface area (Å²) in [5.41, 5.74) is 5.14. The fourth-order valence-electron chi connectivity index (χ4n) is 1.09. The van der Waals surface area contributed by atoms with E-state index in [4.69, 9.17) is 5.73 Å². The molecule has 0 bridgehead atoms. The van der Waals surface area contributed by atoms with Gasteiger partial charge in [0.1, 0.15) is 6.17 Å². The fourth-order valence-corrected chi connectivity index (χ4v) is 2.98. The third kappa shape index (κ3) is 2.57. The minimum Gasteiger partial charge on any atom is -0.330 e. The lowest BCUT2D eigenvalue weighted by Gasteiger charge is -2.04. The molecule has 0 saturated carbocycles. The van der Waals surface area contributed by atoms with Gasteiger partial charge in [0, 0.05) is 5.92 Å². The summed E-state index contributed by atoms with van der Waals surface area (Å²) in [6.45, 7) is 0.125. The molecule has 0 aliphatic carbocycles. The molecule has 6 heteroatoms. The zero-order valence-corrected chi connectivity index (χ0v) is 7.50. The third-order valence-corrected chi connectivity index (χ3v) is 3.46. The van der Waals surface area contributed by atoms with Gasteiger partial charge in [0.2, 0.25) is 0 Å². The minimum atomic E-state index is -3.11. The highest BCUT2D eigenvalue weighted by Gasteiger charge is 2.36. The summed E-state index contributed by atoms with van der Waals surface area (Å²) in [5.74, 6) is -0.885. The van der Waals surface area contributed by atoms with E-state index in [9.17, 15) is 12.8 Å². The largest absolute Gasteiger partial charge is 0.330 e.